The van der Waals surface area contributed by atoms with Crippen LogP contribution < -0.4 is 11.3 Å². The Morgan fingerprint density at radius 1 is 1.50 bits per heavy atom. The van der Waals surface area contributed by atoms with Crippen LogP contribution in [0.3, 0.4) is 0 Å². The van der Waals surface area contributed by atoms with E-state index >= 15 is 0 Å². The Morgan fingerprint density at radius 3 is 2.83 bits per heavy atom. The molecule has 1 aliphatic carbocycles. The lowest BCUT2D eigenvalue weighted by molar-refractivity contribution is -0.122. The molecule has 70 valence electrons. The van der Waals surface area contributed by atoms with E-state index in [0.29, 0.717) is 13.0 Å². The van der Waals surface area contributed by atoms with Gasteiger partial charge in [0, 0.05) is 6.61 Å². The summed E-state index contributed by atoms with van der Waals surface area (Å²) in [5.74, 6) is 5.62. The number of ether oxygens (including phenoxy) is 1. The van der Waals surface area contributed by atoms with Crippen LogP contribution in [0.1, 0.15) is 25.7 Å². The molecule has 0 spiro atoms. The highest BCUT2D eigenvalue weighted by Crippen LogP contribution is 2.31. The van der Waals surface area contributed by atoms with E-state index in [1.807, 2.05) is 0 Å². The summed E-state index contributed by atoms with van der Waals surface area (Å²) in [6.07, 6.45) is 4.21. The molecule has 0 aromatic rings. The molecule has 3 N–H and O–H groups in total. The van der Waals surface area contributed by atoms with Crippen molar-refractivity contribution in [2.75, 3.05) is 13.2 Å². The summed E-state index contributed by atoms with van der Waals surface area (Å²) < 4.78 is 5.24. The standard InChI is InChI=1S/C8H16N2O2/c9-10-8(11)4-6-12-5-3-7-1-2-7/h7H,1-6,9H2,(H,10,11). The molecule has 0 aliphatic heterocycles. The molecule has 4 nitrogen and oxygen atoms in total. The number of carbonyl (C=O) groups is 1. The van der Waals surface area contributed by atoms with E-state index in [2.05, 4.69) is 5.43 Å². The molecule has 1 aliphatic rings. The first-order valence-electron chi connectivity index (χ1n) is 4.40. The summed E-state index contributed by atoms with van der Waals surface area (Å²) in [7, 11) is 0. The van der Waals surface area contributed by atoms with Crippen molar-refractivity contribution < 1.29 is 9.53 Å². The summed E-state index contributed by atoms with van der Waals surface area (Å²) in [4.78, 5) is 10.6. The maximum Gasteiger partial charge on any atom is 0.236 e. The molecule has 0 aromatic carbocycles. The minimum absolute atomic E-state index is 0.165. The van der Waals surface area contributed by atoms with Crippen LogP contribution in [-0.2, 0) is 9.53 Å². The number of hydrazine groups is 1. The molecular weight excluding hydrogens is 156 g/mol. The molecule has 0 aromatic heterocycles. The number of hydrogen-bond acceptors (Lipinski definition) is 3. The predicted octanol–water partition coefficient (Wildman–Crippen LogP) is 0.183. The maximum absolute atomic E-state index is 10.6. The van der Waals surface area contributed by atoms with Gasteiger partial charge in [-0.15, -0.1) is 0 Å². The fraction of sp³-hybridized carbons (Fsp3) is 0.875. The highest BCUT2D eigenvalue weighted by Gasteiger charge is 2.20. The molecule has 0 saturated heterocycles. The topological polar surface area (TPSA) is 64.3 Å². The van der Waals surface area contributed by atoms with Gasteiger partial charge in [0.25, 0.3) is 0 Å². The van der Waals surface area contributed by atoms with Crippen LogP contribution in [0.2, 0.25) is 0 Å². The summed E-state index contributed by atoms with van der Waals surface area (Å²) in [5.41, 5.74) is 2.06. The van der Waals surface area contributed by atoms with E-state index in [9.17, 15) is 4.79 Å². The Balaban J connectivity index is 1.78. The van der Waals surface area contributed by atoms with Crippen molar-refractivity contribution in [1.82, 2.24) is 5.43 Å². The number of hydrogen-bond donors (Lipinski definition) is 2. The Hall–Kier alpha value is -0.610. The average molecular weight is 172 g/mol. The van der Waals surface area contributed by atoms with Gasteiger partial charge in [-0.1, -0.05) is 12.8 Å². The van der Waals surface area contributed by atoms with Crippen LogP contribution in [0.5, 0.6) is 0 Å². The monoisotopic (exact) mass is 172 g/mol. The Labute approximate surface area is 72.4 Å². The summed E-state index contributed by atoms with van der Waals surface area (Å²) in [6, 6.07) is 0. The van der Waals surface area contributed by atoms with Gasteiger partial charge in [-0.2, -0.15) is 0 Å². The molecule has 1 fully saturated rings. The fourth-order valence-electron chi connectivity index (χ4n) is 0.996. The van der Waals surface area contributed by atoms with Crippen molar-refractivity contribution in [2.45, 2.75) is 25.7 Å². The molecular formula is C8H16N2O2. The number of nitrogens with one attached hydrogen (secondary N) is 1. The van der Waals surface area contributed by atoms with Crippen molar-refractivity contribution in [2.24, 2.45) is 11.8 Å². The molecule has 1 rings (SSSR count). The quantitative estimate of drug-likeness (QED) is 0.260. The first kappa shape index (κ1) is 9.48. The zero-order valence-electron chi connectivity index (χ0n) is 7.21. The van der Waals surface area contributed by atoms with Crippen molar-refractivity contribution in [3.8, 4) is 0 Å². The SMILES string of the molecule is NNC(=O)CCOCCC1CC1. The van der Waals surface area contributed by atoms with Crippen LogP contribution in [0.15, 0.2) is 0 Å². The van der Waals surface area contributed by atoms with Crippen LogP contribution >= 0.6 is 0 Å². The fourth-order valence-corrected chi connectivity index (χ4v) is 0.996. The van der Waals surface area contributed by atoms with Gasteiger partial charge in [0.1, 0.15) is 0 Å². The number of amides is 1. The Kier molecular flexibility index (Phi) is 4.04. The maximum atomic E-state index is 10.6. The van der Waals surface area contributed by atoms with Gasteiger partial charge in [-0.05, 0) is 12.3 Å². The molecule has 0 radical (unpaired) electrons. The second kappa shape index (κ2) is 5.11. The third-order valence-corrected chi connectivity index (χ3v) is 2.00. The van der Waals surface area contributed by atoms with Crippen molar-refractivity contribution in [3.05, 3.63) is 0 Å². The van der Waals surface area contributed by atoms with Crippen LogP contribution in [0.25, 0.3) is 0 Å². The average Bonchev–Trinajstić information content (AvgIpc) is 2.87. The van der Waals surface area contributed by atoms with E-state index in [0.717, 1.165) is 18.9 Å². The first-order valence-corrected chi connectivity index (χ1v) is 4.40. The van der Waals surface area contributed by atoms with Gasteiger partial charge in [0.15, 0.2) is 0 Å². The minimum Gasteiger partial charge on any atom is -0.381 e. The molecule has 1 saturated carbocycles. The summed E-state index contributed by atoms with van der Waals surface area (Å²) in [6.45, 7) is 1.26. The highest BCUT2D eigenvalue weighted by molar-refractivity contribution is 5.75. The van der Waals surface area contributed by atoms with Crippen molar-refractivity contribution >= 4 is 5.91 Å². The van der Waals surface area contributed by atoms with E-state index in [-0.39, 0.29) is 5.91 Å². The molecule has 0 atom stereocenters. The number of rotatable bonds is 6. The van der Waals surface area contributed by atoms with Crippen LogP contribution in [-0.4, -0.2) is 19.1 Å². The van der Waals surface area contributed by atoms with Crippen molar-refractivity contribution in [3.63, 3.8) is 0 Å². The molecule has 0 bridgehead atoms. The second-order valence-corrected chi connectivity index (χ2v) is 3.16. The third-order valence-electron chi connectivity index (χ3n) is 2.00. The van der Waals surface area contributed by atoms with E-state index in [1.165, 1.54) is 12.8 Å². The van der Waals surface area contributed by atoms with Crippen LogP contribution in [0.4, 0.5) is 0 Å². The summed E-state index contributed by atoms with van der Waals surface area (Å²) in [5, 5.41) is 0. The lowest BCUT2D eigenvalue weighted by Gasteiger charge is -2.01. The zero-order chi connectivity index (χ0) is 8.81. The molecule has 1 amide bonds. The lowest BCUT2D eigenvalue weighted by Crippen LogP contribution is -2.30. The third kappa shape index (κ3) is 4.31. The van der Waals surface area contributed by atoms with E-state index < -0.39 is 0 Å². The van der Waals surface area contributed by atoms with Gasteiger partial charge in [-0.25, -0.2) is 5.84 Å². The predicted molar refractivity (Wildman–Crippen MR) is 45.1 cm³/mol. The number of nitrogens with two attached hydrogens (primary N) is 1. The normalized spacial score (nSPS) is 16.1. The smallest absolute Gasteiger partial charge is 0.236 e. The van der Waals surface area contributed by atoms with Gasteiger partial charge in [-0.3, -0.25) is 10.2 Å². The van der Waals surface area contributed by atoms with Gasteiger partial charge >= 0.3 is 0 Å². The van der Waals surface area contributed by atoms with Gasteiger partial charge in [0.2, 0.25) is 5.91 Å². The highest BCUT2D eigenvalue weighted by atomic mass is 16.5. The Morgan fingerprint density at radius 2 is 2.25 bits per heavy atom. The van der Waals surface area contributed by atoms with Crippen LogP contribution in [0, 0.1) is 5.92 Å². The molecule has 12 heavy (non-hydrogen) atoms. The minimum atomic E-state index is -0.165. The lowest BCUT2D eigenvalue weighted by atomic mass is 10.3. The zero-order valence-corrected chi connectivity index (χ0v) is 7.21. The van der Waals surface area contributed by atoms with E-state index in [4.69, 9.17) is 10.6 Å². The molecule has 0 heterocycles. The molecule has 0 unspecified atom stereocenters. The summed E-state index contributed by atoms with van der Waals surface area (Å²) >= 11 is 0. The molecule has 4 heteroatoms. The largest absolute Gasteiger partial charge is 0.381 e. The second-order valence-electron chi connectivity index (χ2n) is 3.16. The Bertz CT molecular complexity index is 146. The first-order chi connectivity index (χ1) is 5.83. The van der Waals surface area contributed by atoms with Gasteiger partial charge < -0.3 is 4.74 Å². The van der Waals surface area contributed by atoms with E-state index in [1.54, 1.807) is 0 Å². The van der Waals surface area contributed by atoms with Crippen molar-refractivity contribution in [1.29, 1.82) is 0 Å². The number of carbonyl (C=O) groups excluding carboxylic acids is 1. The van der Waals surface area contributed by atoms with Gasteiger partial charge in [0.05, 0.1) is 13.0 Å².